The molecule has 3 heteroatoms. The fraction of sp³-hybridized carbons (Fsp3) is 1.00. The van der Waals surface area contributed by atoms with Gasteiger partial charge in [0.2, 0.25) is 0 Å². The van der Waals surface area contributed by atoms with Crippen molar-refractivity contribution in [2.24, 2.45) is 5.73 Å². The standard InChI is InChI=1S/C7H15NO2/c1-9-5-7-3-2-6(8)4-10-7/h6-7H,2-5,8H2,1H3/t6-,7+/m1/s1/i1D. The molecule has 0 saturated carbocycles. The summed E-state index contributed by atoms with van der Waals surface area (Å²) >= 11 is 0. The van der Waals surface area contributed by atoms with Crippen LogP contribution in [0.15, 0.2) is 0 Å². The van der Waals surface area contributed by atoms with Crippen LogP contribution in [0.2, 0.25) is 0 Å². The van der Waals surface area contributed by atoms with Crippen molar-refractivity contribution >= 4 is 0 Å². The molecule has 1 fully saturated rings. The smallest absolute Gasteiger partial charge is 0.0809 e. The molecule has 0 radical (unpaired) electrons. The Labute approximate surface area is 62.9 Å². The van der Waals surface area contributed by atoms with Crippen LogP contribution in [0.4, 0.5) is 0 Å². The van der Waals surface area contributed by atoms with E-state index < -0.39 is 0 Å². The highest BCUT2D eigenvalue weighted by atomic mass is 16.5. The highest BCUT2D eigenvalue weighted by molar-refractivity contribution is 4.71. The summed E-state index contributed by atoms with van der Waals surface area (Å²) in [6, 6.07) is 0.197. The summed E-state index contributed by atoms with van der Waals surface area (Å²) in [5.41, 5.74) is 5.62. The van der Waals surface area contributed by atoms with Gasteiger partial charge < -0.3 is 15.2 Å². The van der Waals surface area contributed by atoms with Crippen LogP contribution in [0.25, 0.3) is 0 Å². The van der Waals surface area contributed by atoms with E-state index in [-0.39, 0.29) is 19.2 Å². The largest absolute Gasteiger partial charge is 0.382 e. The maximum atomic E-state index is 6.76. The maximum Gasteiger partial charge on any atom is 0.0809 e. The van der Waals surface area contributed by atoms with Gasteiger partial charge in [0, 0.05) is 13.1 Å². The van der Waals surface area contributed by atoms with Crippen molar-refractivity contribution in [2.75, 3.05) is 20.3 Å². The second kappa shape index (κ2) is 3.91. The molecule has 0 aromatic heterocycles. The molecule has 3 nitrogen and oxygen atoms in total. The highest BCUT2D eigenvalue weighted by Crippen LogP contribution is 2.11. The molecule has 1 aliphatic heterocycles. The quantitative estimate of drug-likeness (QED) is 0.602. The minimum atomic E-state index is 0.0198. The van der Waals surface area contributed by atoms with E-state index in [0.717, 1.165) is 12.8 Å². The van der Waals surface area contributed by atoms with E-state index in [9.17, 15) is 0 Å². The molecule has 0 aromatic rings. The van der Waals surface area contributed by atoms with Crippen LogP contribution < -0.4 is 5.73 Å². The monoisotopic (exact) mass is 146 g/mol. The molecule has 1 aliphatic rings. The van der Waals surface area contributed by atoms with Crippen LogP contribution in [0.3, 0.4) is 0 Å². The van der Waals surface area contributed by atoms with Crippen LogP contribution in [0.5, 0.6) is 0 Å². The third kappa shape index (κ3) is 2.25. The first-order valence-corrected chi connectivity index (χ1v) is 3.57. The van der Waals surface area contributed by atoms with E-state index in [4.69, 9.17) is 16.6 Å². The molecule has 2 N–H and O–H groups in total. The Hall–Kier alpha value is -0.120. The summed E-state index contributed by atoms with van der Waals surface area (Å²) in [6.07, 6.45) is 2.13. The van der Waals surface area contributed by atoms with E-state index >= 15 is 0 Å². The van der Waals surface area contributed by atoms with Gasteiger partial charge in [-0.2, -0.15) is 0 Å². The Kier molecular flexibility index (Phi) is 2.57. The van der Waals surface area contributed by atoms with Gasteiger partial charge in [0.1, 0.15) is 0 Å². The Morgan fingerprint density at radius 3 is 3.30 bits per heavy atom. The van der Waals surface area contributed by atoms with Gasteiger partial charge in [0.25, 0.3) is 0 Å². The summed E-state index contributed by atoms with van der Waals surface area (Å²) in [5.74, 6) is 0. The molecule has 1 rings (SSSR count). The van der Waals surface area contributed by atoms with E-state index in [1.165, 1.54) is 0 Å². The van der Waals surface area contributed by atoms with Crippen molar-refractivity contribution in [3.8, 4) is 0 Å². The average molecular weight is 146 g/mol. The summed E-state index contributed by atoms with van der Waals surface area (Å²) in [5, 5.41) is 0. The molecule has 2 atom stereocenters. The molecule has 0 spiro atoms. The topological polar surface area (TPSA) is 44.5 Å². The van der Waals surface area contributed by atoms with Gasteiger partial charge in [-0.1, -0.05) is 0 Å². The normalized spacial score (nSPS) is 35.5. The summed E-state index contributed by atoms with van der Waals surface area (Å²) < 4.78 is 17.0. The van der Waals surface area contributed by atoms with Crippen molar-refractivity contribution in [3.05, 3.63) is 0 Å². The van der Waals surface area contributed by atoms with Gasteiger partial charge in [0.15, 0.2) is 0 Å². The zero-order valence-corrected chi connectivity index (χ0v) is 6.08. The first-order valence-electron chi connectivity index (χ1n) is 4.28. The molecule has 10 heavy (non-hydrogen) atoms. The summed E-state index contributed by atoms with van der Waals surface area (Å²) in [6.45, 7) is 1.17. The summed E-state index contributed by atoms with van der Waals surface area (Å²) in [4.78, 5) is 0. The van der Waals surface area contributed by atoms with Gasteiger partial charge >= 0.3 is 0 Å². The number of nitrogens with two attached hydrogens (primary N) is 1. The Morgan fingerprint density at radius 1 is 1.80 bits per heavy atom. The van der Waals surface area contributed by atoms with Crippen LogP contribution in [0.1, 0.15) is 14.2 Å². The van der Waals surface area contributed by atoms with Crippen LogP contribution in [0, 0.1) is 0 Å². The predicted molar refractivity (Wildman–Crippen MR) is 38.8 cm³/mol. The lowest BCUT2D eigenvalue weighted by molar-refractivity contribution is -0.0363. The second-order valence-corrected chi connectivity index (χ2v) is 2.66. The number of methoxy groups -OCH3 is 1. The lowest BCUT2D eigenvalue weighted by atomic mass is 10.1. The molecule has 0 aromatic carbocycles. The second-order valence-electron chi connectivity index (χ2n) is 2.66. The molecule has 0 amide bonds. The molecule has 0 bridgehead atoms. The molecule has 1 saturated heterocycles. The first kappa shape index (κ1) is 6.58. The first-order chi connectivity index (χ1) is 5.33. The number of rotatable bonds is 2. The van der Waals surface area contributed by atoms with Gasteiger partial charge in [0.05, 0.1) is 20.7 Å². The lowest BCUT2D eigenvalue weighted by Gasteiger charge is -2.25. The fourth-order valence-electron chi connectivity index (χ4n) is 1.09. The van der Waals surface area contributed by atoms with Gasteiger partial charge in [-0.3, -0.25) is 0 Å². The van der Waals surface area contributed by atoms with E-state index in [1.54, 1.807) is 0 Å². The average Bonchev–Trinajstić information content (AvgIpc) is 2.04. The zero-order chi connectivity index (χ0) is 8.10. The van der Waals surface area contributed by atoms with Crippen molar-refractivity contribution in [3.63, 3.8) is 0 Å². The molecule has 1 heterocycles. The van der Waals surface area contributed by atoms with Crippen LogP contribution in [-0.2, 0) is 9.47 Å². The molecular formula is C7H15NO2. The van der Waals surface area contributed by atoms with Crippen molar-refractivity contribution < 1.29 is 10.8 Å². The summed E-state index contributed by atoms with van der Waals surface area (Å²) in [7, 11) is 0.0198. The molecule has 60 valence electrons. The number of hydrogen-bond donors (Lipinski definition) is 1. The molecule has 0 unspecified atom stereocenters. The van der Waals surface area contributed by atoms with Crippen LogP contribution >= 0.6 is 0 Å². The zero-order valence-electron chi connectivity index (χ0n) is 7.08. The molecular weight excluding hydrogens is 130 g/mol. The SMILES string of the molecule is [2H]COC[C@@H]1CC[C@@H](N)CO1. The van der Waals surface area contributed by atoms with Gasteiger partial charge in [-0.15, -0.1) is 0 Å². The van der Waals surface area contributed by atoms with Gasteiger partial charge in [-0.25, -0.2) is 0 Å². The lowest BCUT2D eigenvalue weighted by Crippen LogP contribution is -2.37. The Balaban J connectivity index is 2.07. The number of ether oxygens (including phenoxy) is 2. The van der Waals surface area contributed by atoms with Gasteiger partial charge in [-0.05, 0) is 12.8 Å². The van der Waals surface area contributed by atoms with Crippen LogP contribution in [-0.4, -0.2) is 32.4 Å². The van der Waals surface area contributed by atoms with E-state index in [0.29, 0.717) is 13.2 Å². The van der Waals surface area contributed by atoms with Crippen molar-refractivity contribution in [2.45, 2.75) is 25.0 Å². The third-order valence-corrected chi connectivity index (χ3v) is 1.71. The Bertz CT molecular complexity index is 102. The van der Waals surface area contributed by atoms with E-state index in [2.05, 4.69) is 0 Å². The third-order valence-electron chi connectivity index (χ3n) is 1.71. The predicted octanol–water partition coefficient (Wildman–Crippen LogP) is 0.139. The fourth-order valence-corrected chi connectivity index (χ4v) is 1.09. The molecule has 0 aliphatic carbocycles. The van der Waals surface area contributed by atoms with Crippen molar-refractivity contribution in [1.82, 2.24) is 0 Å². The Morgan fingerprint density at radius 2 is 2.70 bits per heavy atom. The van der Waals surface area contributed by atoms with E-state index in [1.807, 2.05) is 0 Å². The minimum absolute atomic E-state index is 0.0198. The van der Waals surface area contributed by atoms with Crippen molar-refractivity contribution in [1.29, 1.82) is 0 Å². The maximum absolute atomic E-state index is 6.76. The number of hydrogen-bond acceptors (Lipinski definition) is 3. The highest BCUT2D eigenvalue weighted by Gasteiger charge is 2.17. The minimum Gasteiger partial charge on any atom is -0.382 e.